The molecule has 0 aromatic carbocycles. The molecule has 5 rings (SSSR count). The van der Waals surface area contributed by atoms with Gasteiger partial charge in [0.15, 0.2) is 5.78 Å². The molecule has 214 valence electrons. The van der Waals surface area contributed by atoms with Crippen molar-refractivity contribution < 1.29 is 33.3 Å². The van der Waals surface area contributed by atoms with Gasteiger partial charge in [-0.25, -0.2) is 0 Å². The lowest BCUT2D eigenvalue weighted by Crippen LogP contribution is -2.73. The Labute approximate surface area is 231 Å². The van der Waals surface area contributed by atoms with Gasteiger partial charge >= 0.3 is 5.97 Å². The molecule has 8 nitrogen and oxygen atoms in total. The van der Waals surface area contributed by atoms with Crippen molar-refractivity contribution in [1.82, 2.24) is 5.32 Å². The number of piperidine rings is 1. The first-order valence-corrected chi connectivity index (χ1v) is 15.0. The molecule has 0 aromatic heterocycles. The van der Waals surface area contributed by atoms with E-state index in [1.54, 1.807) is 14.2 Å². The van der Waals surface area contributed by atoms with Gasteiger partial charge in [0, 0.05) is 38.9 Å². The van der Waals surface area contributed by atoms with E-state index in [2.05, 4.69) is 5.32 Å². The maximum absolute atomic E-state index is 14.6. The molecule has 0 amide bonds. The molecule has 9 heteroatoms. The third kappa shape index (κ3) is 4.56. The van der Waals surface area contributed by atoms with Crippen molar-refractivity contribution in [3.63, 3.8) is 0 Å². The Morgan fingerprint density at radius 2 is 1.74 bits per heavy atom. The van der Waals surface area contributed by atoms with Crippen LogP contribution in [0.25, 0.3) is 0 Å². The minimum Gasteiger partial charge on any atom is -0.462 e. The van der Waals surface area contributed by atoms with Crippen molar-refractivity contribution in [3.05, 3.63) is 0 Å². The van der Waals surface area contributed by atoms with Gasteiger partial charge in [-0.1, -0.05) is 39.0 Å². The Kier molecular flexibility index (Phi) is 8.30. The van der Waals surface area contributed by atoms with Crippen LogP contribution >= 0.6 is 11.6 Å². The number of fused-ring (bicyclic) bond motifs is 3. The summed E-state index contributed by atoms with van der Waals surface area (Å²) in [6.45, 7) is 5.60. The molecule has 1 N–H and O–H groups in total. The standard InChI is InChI=1S/C29H44ClNO7/c1-14(2)37-28(34)18-12-17(16-9-7-6-8-10-16)22-19(32)11-15(3)29(26(22)31-18)27(33)23-20(35-4)13-21(36-5)24(30)25(23)38-29/h14-18,20-26,31H,6-13H2,1-5H3/t15-,17?,18?,20?,21?,22?,23?,24?,25?,26?,29+/m1/s1. The fourth-order valence-corrected chi connectivity index (χ4v) is 8.89. The van der Waals surface area contributed by atoms with E-state index in [0.29, 0.717) is 18.8 Å². The second-order valence-electron chi connectivity index (χ2n) is 12.6. The van der Waals surface area contributed by atoms with Crippen LogP contribution in [0.2, 0.25) is 0 Å². The van der Waals surface area contributed by atoms with Crippen molar-refractivity contribution >= 4 is 29.1 Å². The summed E-state index contributed by atoms with van der Waals surface area (Å²) in [5.74, 6) is -1.19. The highest BCUT2D eigenvalue weighted by Crippen LogP contribution is 2.55. The molecule has 2 saturated heterocycles. The number of rotatable bonds is 5. The van der Waals surface area contributed by atoms with E-state index in [-0.39, 0.29) is 48.0 Å². The molecule has 3 aliphatic carbocycles. The summed E-state index contributed by atoms with van der Waals surface area (Å²) in [7, 11) is 3.22. The molecule has 9 unspecified atom stereocenters. The molecule has 1 spiro atoms. The maximum atomic E-state index is 14.6. The molecule has 11 atom stereocenters. The van der Waals surface area contributed by atoms with Crippen LogP contribution < -0.4 is 5.32 Å². The molecular weight excluding hydrogens is 510 g/mol. The molecule has 0 bridgehead atoms. The number of nitrogens with one attached hydrogen (secondary N) is 1. The predicted molar refractivity (Wildman–Crippen MR) is 141 cm³/mol. The van der Waals surface area contributed by atoms with Gasteiger partial charge in [0.05, 0.1) is 41.8 Å². The minimum atomic E-state index is -1.27. The molecule has 38 heavy (non-hydrogen) atoms. The number of hydrogen-bond donors (Lipinski definition) is 1. The fourth-order valence-electron chi connectivity index (χ4n) is 8.47. The number of carbonyl (C=O) groups excluding carboxylic acids is 3. The summed E-state index contributed by atoms with van der Waals surface area (Å²) in [5, 5.41) is 2.95. The molecule has 2 aliphatic heterocycles. The normalized spacial score (nSPS) is 45.8. The Morgan fingerprint density at radius 3 is 2.37 bits per heavy atom. The zero-order chi connectivity index (χ0) is 27.4. The van der Waals surface area contributed by atoms with Crippen LogP contribution in [0.15, 0.2) is 0 Å². The van der Waals surface area contributed by atoms with Gasteiger partial charge in [-0.2, -0.15) is 0 Å². The minimum absolute atomic E-state index is 0.00101. The highest BCUT2D eigenvalue weighted by Gasteiger charge is 2.71. The maximum Gasteiger partial charge on any atom is 0.323 e. The average Bonchev–Trinajstić information content (AvgIpc) is 3.21. The molecule has 0 radical (unpaired) electrons. The Bertz CT molecular complexity index is 923. The number of alkyl halides is 1. The average molecular weight is 554 g/mol. The summed E-state index contributed by atoms with van der Waals surface area (Å²) >= 11 is 6.89. The van der Waals surface area contributed by atoms with Gasteiger partial charge < -0.3 is 18.9 Å². The summed E-state index contributed by atoms with van der Waals surface area (Å²) in [5.41, 5.74) is -1.27. The quantitative estimate of drug-likeness (QED) is 0.408. The van der Waals surface area contributed by atoms with Gasteiger partial charge in [-0.3, -0.25) is 19.7 Å². The third-order valence-electron chi connectivity index (χ3n) is 10.2. The predicted octanol–water partition coefficient (Wildman–Crippen LogP) is 3.45. The lowest BCUT2D eigenvalue weighted by molar-refractivity contribution is -0.181. The third-order valence-corrected chi connectivity index (χ3v) is 10.7. The van der Waals surface area contributed by atoms with Gasteiger partial charge in [-0.05, 0) is 32.1 Å². The van der Waals surface area contributed by atoms with Gasteiger partial charge in [0.2, 0.25) is 0 Å². The lowest BCUT2D eigenvalue weighted by atomic mass is 9.55. The van der Waals surface area contributed by atoms with Crippen LogP contribution in [-0.4, -0.2) is 79.2 Å². The first-order chi connectivity index (χ1) is 18.1. The Hall–Kier alpha value is -1.06. The summed E-state index contributed by atoms with van der Waals surface area (Å²) in [4.78, 5) is 41.7. The molecule has 3 saturated carbocycles. The molecule has 5 aliphatic rings. The van der Waals surface area contributed by atoms with Gasteiger partial charge in [-0.15, -0.1) is 11.6 Å². The van der Waals surface area contributed by atoms with E-state index in [4.69, 9.17) is 30.5 Å². The van der Waals surface area contributed by atoms with Crippen LogP contribution in [0.4, 0.5) is 0 Å². The topological polar surface area (TPSA) is 100 Å². The van der Waals surface area contributed by atoms with E-state index in [1.807, 2.05) is 20.8 Å². The number of hydrogen-bond acceptors (Lipinski definition) is 8. The van der Waals surface area contributed by atoms with Crippen LogP contribution in [0.1, 0.15) is 72.1 Å². The van der Waals surface area contributed by atoms with E-state index in [9.17, 15) is 14.4 Å². The largest absolute Gasteiger partial charge is 0.462 e. The van der Waals surface area contributed by atoms with Crippen LogP contribution in [0, 0.1) is 29.6 Å². The smallest absolute Gasteiger partial charge is 0.323 e. The number of esters is 1. The second kappa shape index (κ2) is 11.1. The van der Waals surface area contributed by atoms with Crippen molar-refractivity contribution in [2.45, 2.75) is 120 Å². The first-order valence-electron chi connectivity index (χ1n) is 14.5. The lowest BCUT2D eigenvalue weighted by Gasteiger charge is -2.55. The van der Waals surface area contributed by atoms with E-state index >= 15 is 0 Å². The van der Waals surface area contributed by atoms with Crippen molar-refractivity contribution in [3.8, 4) is 0 Å². The Morgan fingerprint density at radius 1 is 1.05 bits per heavy atom. The number of methoxy groups -OCH3 is 2. The SMILES string of the molecule is COC1CC(OC)C2C(=O)[C@@]3(OC2C1Cl)C1NC(C(=O)OC(C)C)CC(C2CCCCC2)C1C(=O)C[C@H]3C. The highest BCUT2D eigenvalue weighted by atomic mass is 35.5. The number of carbonyl (C=O) groups is 3. The molecule has 0 aromatic rings. The molecule has 5 fully saturated rings. The van der Waals surface area contributed by atoms with E-state index in [1.165, 1.54) is 6.42 Å². The number of halogens is 1. The van der Waals surface area contributed by atoms with E-state index < -0.39 is 47.1 Å². The van der Waals surface area contributed by atoms with Crippen LogP contribution in [0.5, 0.6) is 0 Å². The number of Topliss-reactive ketones (excluding diaryl/α,β-unsaturated/α-hetero) is 2. The van der Waals surface area contributed by atoms with Crippen LogP contribution in [0.3, 0.4) is 0 Å². The van der Waals surface area contributed by atoms with Crippen molar-refractivity contribution in [2.75, 3.05) is 14.2 Å². The number of ether oxygens (including phenoxy) is 4. The van der Waals surface area contributed by atoms with Crippen LogP contribution in [-0.2, 0) is 33.3 Å². The molecular formula is C29H44ClNO7. The zero-order valence-electron chi connectivity index (χ0n) is 23.3. The molecule has 2 heterocycles. The number of ketones is 2. The van der Waals surface area contributed by atoms with E-state index in [0.717, 1.165) is 25.7 Å². The van der Waals surface area contributed by atoms with Crippen molar-refractivity contribution in [1.29, 1.82) is 0 Å². The fraction of sp³-hybridized carbons (Fsp3) is 0.897. The van der Waals surface area contributed by atoms with Crippen molar-refractivity contribution in [2.24, 2.45) is 29.6 Å². The summed E-state index contributed by atoms with van der Waals surface area (Å²) in [6.07, 6.45) is 5.29. The van der Waals surface area contributed by atoms with Gasteiger partial charge in [0.1, 0.15) is 17.4 Å². The summed E-state index contributed by atoms with van der Waals surface area (Å²) < 4.78 is 23.9. The Balaban J connectivity index is 1.56. The first kappa shape index (κ1) is 28.5. The monoisotopic (exact) mass is 553 g/mol. The highest BCUT2D eigenvalue weighted by molar-refractivity contribution is 6.22. The second-order valence-corrected chi connectivity index (χ2v) is 13.1. The van der Waals surface area contributed by atoms with Gasteiger partial charge in [0.25, 0.3) is 0 Å². The summed E-state index contributed by atoms with van der Waals surface area (Å²) in [6, 6.07) is -1.22. The zero-order valence-corrected chi connectivity index (χ0v) is 24.1.